The highest BCUT2D eigenvalue weighted by molar-refractivity contribution is 5.93. The average molecular weight is 462 g/mol. The molecule has 7 heteroatoms. The maximum absolute atomic E-state index is 6.32. The van der Waals surface area contributed by atoms with Crippen LogP contribution < -0.4 is 19.5 Å². The molecule has 2 heterocycles. The van der Waals surface area contributed by atoms with Crippen molar-refractivity contribution in [3.63, 3.8) is 0 Å². The number of ether oxygens (including phenoxy) is 3. The number of benzene rings is 2. The predicted molar refractivity (Wildman–Crippen MR) is 134 cm³/mol. The van der Waals surface area contributed by atoms with Gasteiger partial charge in [-0.1, -0.05) is 20.3 Å². The van der Waals surface area contributed by atoms with Gasteiger partial charge in [0.1, 0.15) is 23.7 Å². The van der Waals surface area contributed by atoms with Gasteiger partial charge >= 0.3 is 0 Å². The number of furan rings is 1. The van der Waals surface area contributed by atoms with Gasteiger partial charge in [-0.05, 0) is 55.7 Å². The Labute approximate surface area is 200 Å². The molecular formula is C27H31N3O4. The number of anilines is 2. The minimum absolute atomic E-state index is 0.116. The van der Waals surface area contributed by atoms with Crippen LogP contribution in [0.3, 0.4) is 0 Å². The van der Waals surface area contributed by atoms with Gasteiger partial charge in [-0.3, -0.25) is 0 Å². The Morgan fingerprint density at radius 2 is 1.79 bits per heavy atom. The van der Waals surface area contributed by atoms with E-state index in [4.69, 9.17) is 18.6 Å². The zero-order chi connectivity index (χ0) is 24.1. The molecule has 0 aliphatic rings. The van der Waals surface area contributed by atoms with E-state index in [1.165, 1.54) is 6.33 Å². The quantitative estimate of drug-likeness (QED) is 0.275. The summed E-state index contributed by atoms with van der Waals surface area (Å²) in [5, 5.41) is 4.26. The van der Waals surface area contributed by atoms with Gasteiger partial charge in [-0.25, -0.2) is 9.97 Å². The summed E-state index contributed by atoms with van der Waals surface area (Å²) in [4.78, 5) is 8.97. The third kappa shape index (κ3) is 4.78. The summed E-state index contributed by atoms with van der Waals surface area (Å²) < 4.78 is 23.2. The summed E-state index contributed by atoms with van der Waals surface area (Å²) in [7, 11) is 3.29. The van der Waals surface area contributed by atoms with Gasteiger partial charge in [0.2, 0.25) is 0 Å². The molecule has 0 spiro atoms. The zero-order valence-corrected chi connectivity index (χ0v) is 20.3. The fraction of sp³-hybridized carbons (Fsp3) is 0.333. The molecule has 34 heavy (non-hydrogen) atoms. The Balaban J connectivity index is 1.76. The Hall–Kier alpha value is -3.74. The largest absolute Gasteiger partial charge is 0.495 e. The molecule has 4 rings (SSSR count). The fourth-order valence-electron chi connectivity index (χ4n) is 4.01. The minimum Gasteiger partial charge on any atom is -0.495 e. The molecule has 1 atom stereocenters. The highest BCUT2D eigenvalue weighted by Gasteiger charge is 2.17. The number of aryl methyl sites for hydroxylation is 1. The van der Waals surface area contributed by atoms with Crippen LogP contribution in [0.4, 0.5) is 11.5 Å². The predicted octanol–water partition coefficient (Wildman–Crippen LogP) is 6.92. The Morgan fingerprint density at radius 3 is 2.47 bits per heavy atom. The van der Waals surface area contributed by atoms with E-state index >= 15 is 0 Å². The van der Waals surface area contributed by atoms with Crippen molar-refractivity contribution in [3.8, 4) is 28.6 Å². The fourth-order valence-corrected chi connectivity index (χ4v) is 4.01. The molecule has 0 amide bonds. The second kappa shape index (κ2) is 10.5. The molecule has 0 aliphatic carbocycles. The van der Waals surface area contributed by atoms with Gasteiger partial charge in [0, 0.05) is 17.0 Å². The Bertz CT molecular complexity index is 1270. The summed E-state index contributed by atoms with van der Waals surface area (Å²) in [6, 6.07) is 11.7. The molecule has 2 aromatic heterocycles. The van der Waals surface area contributed by atoms with Gasteiger partial charge in [-0.15, -0.1) is 0 Å². The SMILES string of the molecule is CCCC(CC)Oc1cc2c(Nc3cc(-c4occc4C)ccc3OC)ncnc2cc1OC. The number of aromatic nitrogens is 2. The normalized spacial score (nSPS) is 11.9. The molecule has 0 saturated carbocycles. The maximum Gasteiger partial charge on any atom is 0.162 e. The number of hydrogen-bond acceptors (Lipinski definition) is 7. The van der Waals surface area contributed by atoms with Crippen LogP contribution in [0.15, 0.2) is 53.4 Å². The second-order valence-corrected chi connectivity index (χ2v) is 8.15. The molecule has 178 valence electrons. The monoisotopic (exact) mass is 461 g/mol. The molecule has 0 fully saturated rings. The van der Waals surface area contributed by atoms with E-state index in [0.717, 1.165) is 52.7 Å². The van der Waals surface area contributed by atoms with Gasteiger partial charge in [-0.2, -0.15) is 0 Å². The number of fused-ring (bicyclic) bond motifs is 1. The molecular weight excluding hydrogens is 430 g/mol. The first-order valence-electron chi connectivity index (χ1n) is 11.6. The van der Waals surface area contributed by atoms with Crippen LogP contribution in [0.5, 0.6) is 17.2 Å². The zero-order valence-electron chi connectivity index (χ0n) is 20.3. The topological polar surface area (TPSA) is 78.6 Å². The second-order valence-electron chi connectivity index (χ2n) is 8.15. The van der Waals surface area contributed by atoms with Gasteiger partial charge in [0.25, 0.3) is 0 Å². The molecule has 0 aliphatic heterocycles. The van der Waals surface area contributed by atoms with Crippen molar-refractivity contribution in [1.82, 2.24) is 9.97 Å². The molecule has 0 radical (unpaired) electrons. The molecule has 0 bridgehead atoms. The van der Waals surface area contributed by atoms with Crippen molar-refractivity contribution >= 4 is 22.4 Å². The summed E-state index contributed by atoms with van der Waals surface area (Å²) >= 11 is 0. The summed E-state index contributed by atoms with van der Waals surface area (Å²) in [5.74, 6) is 3.49. The van der Waals surface area contributed by atoms with Crippen LogP contribution in [-0.2, 0) is 0 Å². The molecule has 1 N–H and O–H groups in total. The van der Waals surface area contributed by atoms with E-state index < -0.39 is 0 Å². The average Bonchev–Trinajstić information content (AvgIpc) is 3.29. The highest BCUT2D eigenvalue weighted by Crippen LogP contribution is 2.38. The molecule has 0 saturated heterocycles. The van der Waals surface area contributed by atoms with Crippen LogP contribution in [0.25, 0.3) is 22.2 Å². The molecule has 2 aromatic carbocycles. The first-order chi connectivity index (χ1) is 16.6. The number of nitrogens with zero attached hydrogens (tertiary/aromatic N) is 2. The smallest absolute Gasteiger partial charge is 0.162 e. The van der Waals surface area contributed by atoms with Crippen LogP contribution in [-0.4, -0.2) is 30.3 Å². The lowest BCUT2D eigenvalue weighted by Gasteiger charge is -2.20. The third-order valence-electron chi connectivity index (χ3n) is 5.86. The van der Waals surface area contributed by atoms with Crippen molar-refractivity contribution in [2.24, 2.45) is 0 Å². The van der Waals surface area contributed by atoms with E-state index in [-0.39, 0.29) is 6.10 Å². The lowest BCUT2D eigenvalue weighted by molar-refractivity contribution is 0.178. The van der Waals surface area contributed by atoms with E-state index in [0.29, 0.717) is 23.1 Å². The lowest BCUT2D eigenvalue weighted by atomic mass is 10.1. The first-order valence-corrected chi connectivity index (χ1v) is 11.6. The van der Waals surface area contributed by atoms with Gasteiger partial charge in [0.15, 0.2) is 11.5 Å². The maximum atomic E-state index is 6.32. The number of methoxy groups -OCH3 is 2. The van der Waals surface area contributed by atoms with E-state index in [9.17, 15) is 0 Å². The van der Waals surface area contributed by atoms with Crippen molar-refractivity contribution in [2.75, 3.05) is 19.5 Å². The van der Waals surface area contributed by atoms with Crippen molar-refractivity contribution in [1.29, 1.82) is 0 Å². The molecule has 7 nitrogen and oxygen atoms in total. The number of hydrogen-bond donors (Lipinski definition) is 1. The van der Waals surface area contributed by atoms with Crippen molar-refractivity contribution in [2.45, 2.75) is 46.1 Å². The Morgan fingerprint density at radius 1 is 0.971 bits per heavy atom. The van der Waals surface area contributed by atoms with Gasteiger partial charge < -0.3 is 23.9 Å². The van der Waals surface area contributed by atoms with Crippen molar-refractivity contribution < 1.29 is 18.6 Å². The van der Waals surface area contributed by atoms with Crippen LogP contribution in [0, 0.1) is 6.92 Å². The summed E-state index contributed by atoms with van der Waals surface area (Å²) in [6.07, 6.45) is 6.29. The first kappa shape index (κ1) is 23.4. The van der Waals surface area contributed by atoms with Crippen molar-refractivity contribution in [3.05, 3.63) is 54.6 Å². The van der Waals surface area contributed by atoms with Crippen LogP contribution in [0.1, 0.15) is 38.7 Å². The van der Waals surface area contributed by atoms with E-state index in [2.05, 4.69) is 29.1 Å². The van der Waals surface area contributed by atoms with E-state index in [1.54, 1.807) is 20.5 Å². The standard InChI is InChI=1S/C27H31N3O4/c1-6-8-19(7-2)34-25-14-20-21(15-24(25)32-5)28-16-29-27(20)30-22-13-18(9-10-23(22)31-4)26-17(3)11-12-33-26/h9-16,19H,6-8H2,1-5H3,(H,28,29,30). The minimum atomic E-state index is 0.116. The number of rotatable bonds is 10. The Kier molecular flexibility index (Phi) is 7.21. The summed E-state index contributed by atoms with van der Waals surface area (Å²) in [5.41, 5.74) is 3.53. The number of nitrogens with one attached hydrogen (secondary N) is 1. The highest BCUT2D eigenvalue weighted by atomic mass is 16.5. The lowest BCUT2D eigenvalue weighted by Crippen LogP contribution is -2.15. The van der Waals surface area contributed by atoms with Gasteiger partial charge in [0.05, 0.1) is 37.8 Å². The van der Waals surface area contributed by atoms with E-state index in [1.807, 2.05) is 43.3 Å². The third-order valence-corrected chi connectivity index (χ3v) is 5.86. The molecule has 1 unspecified atom stereocenters. The van der Waals surface area contributed by atoms with Crippen LogP contribution >= 0.6 is 0 Å². The summed E-state index contributed by atoms with van der Waals surface area (Å²) in [6.45, 7) is 6.31. The molecule has 4 aromatic rings. The van der Waals surface area contributed by atoms with Crippen LogP contribution in [0.2, 0.25) is 0 Å².